The highest BCUT2D eigenvalue weighted by atomic mass is 35.5. The van der Waals surface area contributed by atoms with Crippen molar-refractivity contribution in [3.8, 4) is 0 Å². The summed E-state index contributed by atoms with van der Waals surface area (Å²) in [7, 11) is 0. The van der Waals surface area contributed by atoms with Crippen LogP contribution in [0.4, 0.5) is 4.39 Å². The molecule has 20 heavy (non-hydrogen) atoms. The van der Waals surface area contributed by atoms with Gasteiger partial charge in [-0.2, -0.15) is 11.8 Å². The molecule has 1 aromatic heterocycles. The number of thioether (sulfide) groups is 1. The van der Waals surface area contributed by atoms with Crippen LogP contribution < -0.4 is 0 Å². The summed E-state index contributed by atoms with van der Waals surface area (Å²) in [6.45, 7) is 6.09. The molecule has 0 N–H and O–H groups in total. The average Bonchev–Trinajstić information content (AvgIpc) is 2.75. The van der Waals surface area contributed by atoms with Gasteiger partial charge in [-0.3, -0.25) is 0 Å². The van der Waals surface area contributed by atoms with Crippen LogP contribution in [0.3, 0.4) is 0 Å². The first kappa shape index (κ1) is 15.9. The van der Waals surface area contributed by atoms with Crippen molar-refractivity contribution in [2.75, 3.05) is 11.5 Å². The first-order chi connectivity index (χ1) is 9.45. The normalized spacial score (nSPS) is 14.7. The number of fused-ring (bicyclic) bond motifs is 1. The first-order valence-corrected chi connectivity index (χ1v) is 8.51. The van der Waals surface area contributed by atoms with Gasteiger partial charge in [0, 0.05) is 17.9 Å². The topological polar surface area (TPSA) is 17.8 Å². The number of benzene rings is 1. The largest absolute Gasteiger partial charge is 0.323 e. The SMILES string of the molecule is CCSCC(C)n1c(C(C)Cl)nc2cc(Cl)c(F)cc21. The second-order valence-electron chi connectivity index (χ2n) is 4.72. The Balaban J connectivity index is 2.58. The maximum atomic E-state index is 13.7. The molecule has 0 radical (unpaired) electrons. The van der Waals surface area contributed by atoms with Gasteiger partial charge in [0.25, 0.3) is 0 Å². The van der Waals surface area contributed by atoms with E-state index in [-0.39, 0.29) is 16.4 Å². The van der Waals surface area contributed by atoms with E-state index >= 15 is 0 Å². The van der Waals surface area contributed by atoms with E-state index in [9.17, 15) is 4.39 Å². The van der Waals surface area contributed by atoms with E-state index in [1.165, 1.54) is 6.07 Å². The lowest BCUT2D eigenvalue weighted by Crippen LogP contribution is -2.12. The third-order valence-electron chi connectivity index (χ3n) is 3.12. The van der Waals surface area contributed by atoms with Gasteiger partial charge in [0.1, 0.15) is 11.6 Å². The highest BCUT2D eigenvalue weighted by molar-refractivity contribution is 7.99. The van der Waals surface area contributed by atoms with Crippen LogP contribution in [0.5, 0.6) is 0 Å². The number of rotatable bonds is 5. The van der Waals surface area contributed by atoms with Gasteiger partial charge in [0.15, 0.2) is 0 Å². The predicted octanol–water partition coefficient (Wildman–Crippen LogP) is 5.44. The van der Waals surface area contributed by atoms with Crippen molar-refractivity contribution in [1.82, 2.24) is 9.55 Å². The number of alkyl halides is 1. The van der Waals surface area contributed by atoms with Crippen molar-refractivity contribution >= 4 is 46.0 Å². The lowest BCUT2D eigenvalue weighted by molar-refractivity contribution is 0.589. The fourth-order valence-corrected chi connectivity index (χ4v) is 3.25. The molecular weight excluding hydrogens is 318 g/mol. The quantitative estimate of drug-likeness (QED) is 0.677. The molecule has 1 aromatic carbocycles. The maximum absolute atomic E-state index is 13.7. The van der Waals surface area contributed by atoms with Crippen LogP contribution >= 0.6 is 35.0 Å². The Hall–Kier alpha value is -0.450. The molecular formula is C14H17Cl2FN2S. The van der Waals surface area contributed by atoms with Gasteiger partial charge in [-0.05, 0) is 25.7 Å². The molecule has 0 amide bonds. The minimum absolute atomic E-state index is 0.0894. The Bertz CT molecular complexity index is 613. The van der Waals surface area contributed by atoms with E-state index in [0.717, 1.165) is 22.8 Å². The van der Waals surface area contributed by atoms with Crippen molar-refractivity contribution in [1.29, 1.82) is 0 Å². The molecule has 0 saturated carbocycles. The zero-order valence-corrected chi connectivity index (χ0v) is 14.0. The predicted molar refractivity (Wildman–Crippen MR) is 86.7 cm³/mol. The lowest BCUT2D eigenvalue weighted by atomic mass is 10.2. The summed E-state index contributed by atoms with van der Waals surface area (Å²) in [4.78, 5) is 4.51. The van der Waals surface area contributed by atoms with Gasteiger partial charge in [-0.1, -0.05) is 18.5 Å². The summed E-state index contributed by atoms with van der Waals surface area (Å²) in [5.41, 5.74) is 1.44. The van der Waals surface area contributed by atoms with Gasteiger partial charge in [0.2, 0.25) is 0 Å². The Kier molecular flexibility index (Phi) is 5.21. The van der Waals surface area contributed by atoms with Crippen molar-refractivity contribution in [2.45, 2.75) is 32.2 Å². The number of imidazole rings is 1. The lowest BCUT2D eigenvalue weighted by Gasteiger charge is -2.18. The van der Waals surface area contributed by atoms with Crippen LogP contribution in [0.15, 0.2) is 12.1 Å². The maximum Gasteiger partial charge on any atom is 0.144 e. The molecule has 0 saturated heterocycles. The van der Waals surface area contributed by atoms with Gasteiger partial charge in [-0.15, -0.1) is 11.6 Å². The van der Waals surface area contributed by atoms with Crippen LogP contribution in [0.1, 0.15) is 38.0 Å². The number of hydrogen-bond acceptors (Lipinski definition) is 2. The van der Waals surface area contributed by atoms with E-state index in [4.69, 9.17) is 23.2 Å². The van der Waals surface area contributed by atoms with Crippen LogP contribution in [0.25, 0.3) is 11.0 Å². The van der Waals surface area contributed by atoms with E-state index < -0.39 is 5.82 Å². The first-order valence-electron chi connectivity index (χ1n) is 6.54. The number of nitrogens with zero attached hydrogens (tertiary/aromatic N) is 2. The third-order valence-corrected chi connectivity index (χ3v) is 4.73. The number of aromatic nitrogens is 2. The van der Waals surface area contributed by atoms with Crippen molar-refractivity contribution in [3.63, 3.8) is 0 Å². The Labute approximate surface area is 132 Å². The highest BCUT2D eigenvalue weighted by Crippen LogP contribution is 2.31. The Morgan fingerprint density at radius 2 is 2.10 bits per heavy atom. The number of halogens is 3. The molecule has 2 rings (SSSR count). The number of hydrogen-bond donors (Lipinski definition) is 0. The monoisotopic (exact) mass is 334 g/mol. The van der Waals surface area contributed by atoms with Crippen molar-refractivity contribution in [3.05, 3.63) is 28.8 Å². The molecule has 0 spiro atoms. The fraction of sp³-hybridized carbons (Fsp3) is 0.500. The third kappa shape index (κ3) is 3.07. The molecule has 0 aliphatic carbocycles. The second-order valence-corrected chi connectivity index (χ2v) is 7.10. The average molecular weight is 335 g/mol. The smallest absolute Gasteiger partial charge is 0.144 e. The highest BCUT2D eigenvalue weighted by Gasteiger charge is 2.20. The minimum atomic E-state index is -0.426. The standard InChI is InChI=1S/C14H17Cl2FN2S/c1-4-20-7-8(2)19-13-6-11(17)10(16)5-12(13)18-14(19)9(3)15/h5-6,8-9H,4,7H2,1-3H3. The van der Waals surface area contributed by atoms with Gasteiger partial charge < -0.3 is 4.57 Å². The van der Waals surface area contributed by atoms with Crippen LogP contribution in [0.2, 0.25) is 5.02 Å². The molecule has 2 unspecified atom stereocenters. The molecule has 110 valence electrons. The fourth-order valence-electron chi connectivity index (χ4n) is 2.22. The molecule has 0 bridgehead atoms. The molecule has 2 nitrogen and oxygen atoms in total. The molecule has 0 aliphatic heterocycles. The Morgan fingerprint density at radius 1 is 1.40 bits per heavy atom. The molecule has 2 aromatic rings. The van der Waals surface area contributed by atoms with Crippen LogP contribution in [-0.2, 0) is 0 Å². The van der Waals surface area contributed by atoms with Crippen molar-refractivity contribution in [2.24, 2.45) is 0 Å². The molecule has 2 atom stereocenters. The molecule has 6 heteroatoms. The summed E-state index contributed by atoms with van der Waals surface area (Å²) in [5, 5.41) is -0.148. The summed E-state index contributed by atoms with van der Waals surface area (Å²) in [6, 6.07) is 3.20. The van der Waals surface area contributed by atoms with E-state index in [2.05, 4.69) is 18.8 Å². The molecule has 0 aliphatic rings. The zero-order valence-electron chi connectivity index (χ0n) is 11.7. The summed E-state index contributed by atoms with van der Waals surface area (Å²) >= 11 is 13.9. The van der Waals surface area contributed by atoms with E-state index in [0.29, 0.717) is 5.52 Å². The molecule has 1 heterocycles. The van der Waals surface area contributed by atoms with E-state index in [1.54, 1.807) is 6.07 Å². The van der Waals surface area contributed by atoms with Crippen LogP contribution in [0, 0.1) is 5.82 Å². The van der Waals surface area contributed by atoms with Crippen molar-refractivity contribution < 1.29 is 4.39 Å². The minimum Gasteiger partial charge on any atom is -0.323 e. The van der Waals surface area contributed by atoms with Crippen LogP contribution in [-0.4, -0.2) is 21.1 Å². The summed E-state index contributed by atoms with van der Waals surface area (Å²) < 4.78 is 15.8. The second kappa shape index (κ2) is 6.54. The van der Waals surface area contributed by atoms with E-state index in [1.807, 2.05) is 23.3 Å². The van der Waals surface area contributed by atoms with Gasteiger partial charge in [0.05, 0.1) is 21.4 Å². The summed E-state index contributed by atoms with van der Waals surface area (Å²) in [6.07, 6.45) is 0. The van der Waals surface area contributed by atoms with Gasteiger partial charge >= 0.3 is 0 Å². The van der Waals surface area contributed by atoms with Gasteiger partial charge in [-0.25, -0.2) is 9.37 Å². The Morgan fingerprint density at radius 3 is 2.70 bits per heavy atom. The summed E-state index contributed by atoms with van der Waals surface area (Å²) in [5.74, 6) is 2.31. The molecule has 0 fully saturated rings. The zero-order chi connectivity index (χ0) is 14.9.